The molecule has 1 saturated carbocycles. The van der Waals surface area contributed by atoms with E-state index >= 15 is 0 Å². The number of carbonyl (C=O) groups is 2. The van der Waals surface area contributed by atoms with Gasteiger partial charge in [-0.15, -0.1) is 5.10 Å². The number of aryl methyl sites for hydroxylation is 1. The van der Waals surface area contributed by atoms with Gasteiger partial charge in [-0.05, 0) is 40.8 Å². The van der Waals surface area contributed by atoms with Crippen LogP contribution in [0.25, 0.3) is 11.4 Å². The summed E-state index contributed by atoms with van der Waals surface area (Å²) in [7, 11) is 1.74. The van der Waals surface area contributed by atoms with Gasteiger partial charge in [0.15, 0.2) is 5.82 Å². The summed E-state index contributed by atoms with van der Waals surface area (Å²) in [5.41, 5.74) is 1.37. The van der Waals surface area contributed by atoms with Crippen molar-refractivity contribution in [3.63, 3.8) is 0 Å². The molecule has 4 atom stereocenters. The normalized spacial score (nSPS) is 26.8. The summed E-state index contributed by atoms with van der Waals surface area (Å²) in [4.78, 5) is 24.3. The first kappa shape index (κ1) is 15.5. The summed E-state index contributed by atoms with van der Waals surface area (Å²) < 4.78 is 1.54. The maximum Gasteiger partial charge on any atom is 0.307 e. The van der Waals surface area contributed by atoms with Gasteiger partial charge in [-0.25, -0.2) is 4.68 Å². The molecule has 25 heavy (non-hydrogen) atoms. The molecule has 2 aromatic rings. The van der Waals surface area contributed by atoms with E-state index in [4.69, 9.17) is 0 Å². The second-order valence-corrected chi connectivity index (χ2v) is 6.53. The van der Waals surface area contributed by atoms with Gasteiger partial charge in [0, 0.05) is 18.3 Å². The number of allylic oxidation sites excluding steroid dienone is 2. The fourth-order valence-electron chi connectivity index (χ4n) is 3.95. The Morgan fingerprint density at radius 1 is 1.24 bits per heavy atom. The molecule has 0 saturated heterocycles. The van der Waals surface area contributed by atoms with Crippen LogP contribution >= 0.6 is 0 Å². The average Bonchev–Trinajstić information content (AvgIpc) is 3.29. The van der Waals surface area contributed by atoms with Crippen molar-refractivity contribution in [3.8, 4) is 11.4 Å². The summed E-state index contributed by atoms with van der Waals surface area (Å²) in [6, 6.07) is 7.20. The third kappa shape index (κ3) is 2.59. The van der Waals surface area contributed by atoms with Gasteiger partial charge in [-0.1, -0.05) is 24.3 Å². The Morgan fingerprint density at radius 3 is 2.68 bits per heavy atom. The minimum Gasteiger partial charge on any atom is -0.481 e. The number of fused-ring (bicyclic) bond motifs is 2. The van der Waals surface area contributed by atoms with Crippen molar-refractivity contribution in [2.24, 2.45) is 30.7 Å². The molecular weight excluding hydrogens is 322 g/mol. The van der Waals surface area contributed by atoms with Gasteiger partial charge in [0.2, 0.25) is 5.91 Å². The summed E-state index contributed by atoms with van der Waals surface area (Å²) >= 11 is 0. The van der Waals surface area contributed by atoms with Crippen LogP contribution in [-0.4, -0.2) is 37.2 Å². The topological polar surface area (TPSA) is 110 Å². The van der Waals surface area contributed by atoms with E-state index in [0.717, 1.165) is 12.0 Å². The standard InChI is InChI=1S/C17H17N5O3/c1-22-15(19-20-21-22)11-3-2-4-12(8-11)18-16(23)13-9-5-6-10(7-9)14(13)17(24)25/h2-6,8-10,13-14H,7H2,1H3,(H,18,23)(H,24,25)/t9-,10-,13-,14-/m0/s1. The number of aliphatic carboxylic acids is 1. The zero-order valence-corrected chi connectivity index (χ0v) is 13.5. The predicted octanol–water partition coefficient (Wildman–Crippen LogP) is 1.34. The molecule has 2 N–H and O–H groups in total. The first-order valence-electron chi connectivity index (χ1n) is 8.09. The third-order valence-corrected chi connectivity index (χ3v) is 5.06. The number of aromatic nitrogens is 4. The van der Waals surface area contributed by atoms with E-state index in [9.17, 15) is 14.7 Å². The molecule has 0 spiro atoms. The molecule has 4 rings (SSSR count). The zero-order chi connectivity index (χ0) is 17.6. The quantitative estimate of drug-likeness (QED) is 0.813. The number of carboxylic acids is 1. The number of amides is 1. The van der Waals surface area contributed by atoms with Crippen LogP contribution in [0, 0.1) is 23.7 Å². The maximum absolute atomic E-state index is 12.7. The lowest BCUT2D eigenvalue weighted by Crippen LogP contribution is -2.36. The van der Waals surface area contributed by atoms with Gasteiger partial charge in [0.1, 0.15) is 0 Å². The number of benzene rings is 1. The Labute approximate surface area is 143 Å². The first-order chi connectivity index (χ1) is 12.0. The highest BCUT2D eigenvalue weighted by atomic mass is 16.4. The molecule has 1 aromatic carbocycles. The molecule has 0 aliphatic heterocycles. The van der Waals surface area contributed by atoms with E-state index in [2.05, 4.69) is 20.8 Å². The Balaban J connectivity index is 1.56. The summed E-state index contributed by atoms with van der Waals surface area (Å²) in [5, 5.41) is 23.7. The molecule has 1 aromatic heterocycles. The number of carboxylic acid groups (broad SMARTS) is 1. The number of nitrogens with one attached hydrogen (secondary N) is 1. The lowest BCUT2D eigenvalue weighted by Gasteiger charge is -2.23. The Kier molecular flexibility index (Phi) is 3.60. The van der Waals surface area contributed by atoms with Crippen LogP contribution in [0.4, 0.5) is 5.69 Å². The summed E-state index contributed by atoms with van der Waals surface area (Å²) in [5.74, 6) is -1.81. The minimum atomic E-state index is -0.907. The zero-order valence-electron chi connectivity index (χ0n) is 13.5. The maximum atomic E-state index is 12.7. The summed E-state index contributed by atoms with van der Waals surface area (Å²) in [6.45, 7) is 0. The summed E-state index contributed by atoms with van der Waals surface area (Å²) in [6.07, 6.45) is 4.63. The van der Waals surface area contributed by atoms with E-state index in [1.807, 2.05) is 18.2 Å². The number of nitrogens with zero attached hydrogens (tertiary/aromatic N) is 4. The molecule has 1 amide bonds. The SMILES string of the molecule is Cn1nnnc1-c1cccc(NC(=O)[C@@H]2[C@@H](C(=O)O)[C@H]3C=C[C@H]2C3)c1. The van der Waals surface area contributed by atoms with Crippen molar-refractivity contribution < 1.29 is 14.7 Å². The highest BCUT2D eigenvalue weighted by molar-refractivity contribution is 5.96. The molecule has 0 unspecified atom stereocenters. The lowest BCUT2D eigenvalue weighted by molar-refractivity contribution is -0.146. The molecule has 2 aliphatic rings. The van der Waals surface area contributed by atoms with E-state index in [1.54, 1.807) is 29.9 Å². The molecular formula is C17H17N5O3. The van der Waals surface area contributed by atoms with Crippen molar-refractivity contribution >= 4 is 17.6 Å². The Morgan fingerprint density at radius 2 is 2.00 bits per heavy atom. The molecule has 8 nitrogen and oxygen atoms in total. The molecule has 2 aliphatic carbocycles. The van der Waals surface area contributed by atoms with E-state index in [1.165, 1.54) is 0 Å². The number of carbonyl (C=O) groups excluding carboxylic acids is 1. The molecule has 2 bridgehead atoms. The smallest absolute Gasteiger partial charge is 0.307 e. The van der Waals surface area contributed by atoms with E-state index < -0.39 is 17.8 Å². The predicted molar refractivity (Wildman–Crippen MR) is 88.2 cm³/mol. The van der Waals surface area contributed by atoms with Crippen LogP contribution in [0.2, 0.25) is 0 Å². The molecule has 1 fully saturated rings. The van der Waals surface area contributed by atoms with E-state index in [-0.39, 0.29) is 17.7 Å². The number of anilines is 1. The van der Waals surface area contributed by atoms with Crippen molar-refractivity contribution in [1.29, 1.82) is 0 Å². The van der Waals surface area contributed by atoms with Crippen LogP contribution in [0.15, 0.2) is 36.4 Å². The van der Waals surface area contributed by atoms with Crippen LogP contribution in [0.1, 0.15) is 6.42 Å². The van der Waals surface area contributed by atoms with Crippen LogP contribution in [0.5, 0.6) is 0 Å². The lowest BCUT2D eigenvalue weighted by atomic mass is 9.82. The molecule has 8 heteroatoms. The number of hydrogen-bond acceptors (Lipinski definition) is 5. The first-order valence-corrected chi connectivity index (χ1v) is 8.09. The van der Waals surface area contributed by atoms with Crippen molar-refractivity contribution in [3.05, 3.63) is 36.4 Å². The van der Waals surface area contributed by atoms with Crippen molar-refractivity contribution in [2.75, 3.05) is 5.32 Å². The fourth-order valence-corrected chi connectivity index (χ4v) is 3.95. The molecule has 0 radical (unpaired) electrons. The number of tetrazole rings is 1. The van der Waals surface area contributed by atoms with Gasteiger partial charge in [0.05, 0.1) is 11.8 Å². The second-order valence-electron chi connectivity index (χ2n) is 6.53. The second kappa shape index (κ2) is 5.80. The Hall–Kier alpha value is -3.03. The fraction of sp³-hybridized carbons (Fsp3) is 0.353. The largest absolute Gasteiger partial charge is 0.481 e. The van der Waals surface area contributed by atoms with Gasteiger partial charge in [-0.2, -0.15) is 0 Å². The average molecular weight is 339 g/mol. The monoisotopic (exact) mass is 339 g/mol. The van der Waals surface area contributed by atoms with Crippen LogP contribution in [-0.2, 0) is 16.6 Å². The van der Waals surface area contributed by atoms with Crippen molar-refractivity contribution in [2.45, 2.75) is 6.42 Å². The van der Waals surface area contributed by atoms with E-state index in [0.29, 0.717) is 11.5 Å². The van der Waals surface area contributed by atoms with Gasteiger partial charge < -0.3 is 10.4 Å². The van der Waals surface area contributed by atoms with Crippen LogP contribution in [0.3, 0.4) is 0 Å². The van der Waals surface area contributed by atoms with Crippen molar-refractivity contribution in [1.82, 2.24) is 20.2 Å². The van der Waals surface area contributed by atoms with Gasteiger partial charge in [-0.3, -0.25) is 9.59 Å². The Bertz CT molecular complexity index is 875. The van der Waals surface area contributed by atoms with Gasteiger partial charge in [0.25, 0.3) is 0 Å². The highest BCUT2D eigenvalue weighted by Crippen LogP contribution is 2.48. The van der Waals surface area contributed by atoms with Gasteiger partial charge >= 0.3 is 5.97 Å². The highest BCUT2D eigenvalue weighted by Gasteiger charge is 2.51. The minimum absolute atomic E-state index is 0.00257. The molecule has 128 valence electrons. The number of rotatable bonds is 4. The molecule has 1 heterocycles. The third-order valence-electron chi connectivity index (χ3n) is 5.06. The van der Waals surface area contributed by atoms with Crippen LogP contribution < -0.4 is 5.32 Å². The number of hydrogen-bond donors (Lipinski definition) is 2.